The lowest BCUT2D eigenvalue weighted by Crippen LogP contribution is -2.24. The first kappa shape index (κ1) is 15.6. The third kappa shape index (κ3) is 4.11. The lowest BCUT2D eigenvalue weighted by atomic mass is 9.97. The highest BCUT2D eigenvalue weighted by Crippen LogP contribution is 2.24. The third-order valence-electron chi connectivity index (χ3n) is 3.57. The van der Waals surface area contributed by atoms with Crippen LogP contribution in [0.1, 0.15) is 49.4 Å². The Morgan fingerprint density at radius 1 is 1.10 bits per heavy atom. The molecule has 0 saturated heterocycles. The number of nitrogens with one attached hydrogen (secondary N) is 1. The Balaban J connectivity index is 2.29. The SMILES string of the molecule is CCCNC(c1ccc(CCC)cc1)c1ccncc1F. The molecule has 0 radical (unpaired) electrons. The van der Waals surface area contributed by atoms with Gasteiger partial charge in [0.05, 0.1) is 12.2 Å². The van der Waals surface area contributed by atoms with Gasteiger partial charge < -0.3 is 5.32 Å². The van der Waals surface area contributed by atoms with Crippen molar-refractivity contribution in [2.45, 2.75) is 39.2 Å². The second-order valence-electron chi connectivity index (χ2n) is 5.28. The second kappa shape index (κ2) is 7.89. The lowest BCUT2D eigenvalue weighted by Gasteiger charge is -2.20. The third-order valence-corrected chi connectivity index (χ3v) is 3.57. The summed E-state index contributed by atoms with van der Waals surface area (Å²) in [5.74, 6) is -0.260. The molecule has 0 saturated carbocycles. The van der Waals surface area contributed by atoms with E-state index in [0.29, 0.717) is 5.56 Å². The molecule has 1 atom stereocenters. The molecule has 3 heteroatoms. The largest absolute Gasteiger partial charge is 0.306 e. The zero-order valence-electron chi connectivity index (χ0n) is 12.8. The van der Waals surface area contributed by atoms with Gasteiger partial charge in [-0.15, -0.1) is 0 Å². The van der Waals surface area contributed by atoms with Crippen LogP contribution in [0.2, 0.25) is 0 Å². The summed E-state index contributed by atoms with van der Waals surface area (Å²) < 4.78 is 14.1. The monoisotopic (exact) mass is 286 g/mol. The normalized spacial score (nSPS) is 12.3. The Morgan fingerprint density at radius 3 is 2.48 bits per heavy atom. The van der Waals surface area contributed by atoms with Crippen LogP contribution < -0.4 is 5.32 Å². The first-order chi connectivity index (χ1) is 10.3. The molecule has 0 amide bonds. The minimum Gasteiger partial charge on any atom is -0.306 e. The van der Waals surface area contributed by atoms with E-state index >= 15 is 0 Å². The Labute approximate surface area is 126 Å². The van der Waals surface area contributed by atoms with Crippen LogP contribution in [-0.4, -0.2) is 11.5 Å². The van der Waals surface area contributed by atoms with E-state index in [4.69, 9.17) is 0 Å². The molecule has 1 heterocycles. The first-order valence-electron chi connectivity index (χ1n) is 7.67. The summed E-state index contributed by atoms with van der Waals surface area (Å²) in [6.07, 6.45) is 6.15. The average Bonchev–Trinajstić information content (AvgIpc) is 2.51. The van der Waals surface area contributed by atoms with Crippen LogP contribution >= 0.6 is 0 Å². The molecule has 112 valence electrons. The van der Waals surface area contributed by atoms with E-state index in [0.717, 1.165) is 31.4 Å². The van der Waals surface area contributed by atoms with E-state index < -0.39 is 0 Å². The fraction of sp³-hybridized carbons (Fsp3) is 0.389. The van der Waals surface area contributed by atoms with Crippen LogP contribution in [0, 0.1) is 5.82 Å². The molecule has 2 aromatic rings. The summed E-state index contributed by atoms with van der Waals surface area (Å²) in [4.78, 5) is 3.84. The second-order valence-corrected chi connectivity index (χ2v) is 5.28. The number of aromatic nitrogens is 1. The van der Waals surface area contributed by atoms with Crippen molar-refractivity contribution in [3.63, 3.8) is 0 Å². The molecule has 0 bridgehead atoms. The highest BCUT2D eigenvalue weighted by molar-refractivity contribution is 5.33. The van der Waals surface area contributed by atoms with E-state index in [-0.39, 0.29) is 11.9 Å². The molecule has 1 aromatic heterocycles. The van der Waals surface area contributed by atoms with E-state index in [1.807, 2.05) is 0 Å². The zero-order chi connectivity index (χ0) is 15.1. The maximum absolute atomic E-state index is 14.1. The molecular formula is C18H23FN2. The van der Waals surface area contributed by atoms with Gasteiger partial charge in [-0.05, 0) is 36.6 Å². The van der Waals surface area contributed by atoms with Crippen molar-refractivity contribution in [1.82, 2.24) is 10.3 Å². The Hall–Kier alpha value is -1.74. The Morgan fingerprint density at radius 2 is 1.86 bits per heavy atom. The van der Waals surface area contributed by atoms with Crippen molar-refractivity contribution in [1.29, 1.82) is 0 Å². The van der Waals surface area contributed by atoms with Gasteiger partial charge in [-0.3, -0.25) is 4.98 Å². The molecule has 1 aromatic carbocycles. The van der Waals surface area contributed by atoms with Gasteiger partial charge in [0.1, 0.15) is 5.82 Å². The van der Waals surface area contributed by atoms with Gasteiger partial charge in [-0.2, -0.15) is 0 Å². The van der Waals surface area contributed by atoms with Crippen LogP contribution in [0.25, 0.3) is 0 Å². The molecule has 1 unspecified atom stereocenters. The predicted octanol–water partition coefficient (Wildman–Crippen LogP) is 4.26. The maximum atomic E-state index is 14.1. The summed E-state index contributed by atoms with van der Waals surface area (Å²) in [6, 6.07) is 10.1. The van der Waals surface area contributed by atoms with E-state index in [1.165, 1.54) is 11.8 Å². The number of rotatable bonds is 7. The fourth-order valence-corrected chi connectivity index (χ4v) is 2.48. The topological polar surface area (TPSA) is 24.9 Å². The lowest BCUT2D eigenvalue weighted by molar-refractivity contribution is 0.543. The van der Waals surface area contributed by atoms with Crippen LogP contribution in [0.15, 0.2) is 42.7 Å². The van der Waals surface area contributed by atoms with Crippen LogP contribution in [0.4, 0.5) is 4.39 Å². The van der Waals surface area contributed by atoms with E-state index in [1.54, 1.807) is 12.3 Å². The van der Waals surface area contributed by atoms with Gasteiger partial charge in [0, 0.05) is 11.8 Å². The van der Waals surface area contributed by atoms with Crippen molar-refractivity contribution in [2.24, 2.45) is 0 Å². The number of hydrogen-bond acceptors (Lipinski definition) is 2. The molecule has 0 aliphatic rings. The van der Waals surface area contributed by atoms with Gasteiger partial charge in [0.25, 0.3) is 0 Å². The quantitative estimate of drug-likeness (QED) is 0.822. The standard InChI is InChI=1S/C18H23FN2/c1-3-5-14-6-8-15(9-7-14)18(21-11-4-2)16-10-12-20-13-17(16)19/h6-10,12-13,18,21H,3-5,11H2,1-2H3. The van der Waals surface area contributed by atoms with Gasteiger partial charge >= 0.3 is 0 Å². The fourth-order valence-electron chi connectivity index (χ4n) is 2.48. The molecule has 0 spiro atoms. The van der Waals surface area contributed by atoms with E-state index in [9.17, 15) is 4.39 Å². The highest BCUT2D eigenvalue weighted by atomic mass is 19.1. The van der Waals surface area contributed by atoms with Crippen molar-refractivity contribution in [2.75, 3.05) is 6.54 Å². The predicted molar refractivity (Wildman–Crippen MR) is 84.8 cm³/mol. The highest BCUT2D eigenvalue weighted by Gasteiger charge is 2.17. The average molecular weight is 286 g/mol. The Bertz CT molecular complexity index is 551. The molecule has 2 nitrogen and oxygen atoms in total. The summed E-state index contributed by atoms with van der Waals surface area (Å²) in [5.41, 5.74) is 3.07. The van der Waals surface area contributed by atoms with E-state index in [2.05, 4.69) is 48.4 Å². The Kier molecular flexibility index (Phi) is 5.88. The molecule has 2 rings (SSSR count). The number of pyridine rings is 1. The van der Waals surface area contributed by atoms with Gasteiger partial charge in [-0.25, -0.2) is 4.39 Å². The smallest absolute Gasteiger partial charge is 0.146 e. The molecular weight excluding hydrogens is 263 g/mol. The summed E-state index contributed by atoms with van der Waals surface area (Å²) in [5, 5.41) is 3.43. The van der Waals surface area contributed by atoms with Crippen molar-refractivity contribution in [3.05, 3.63) is 65.2 Å². The number of halogens is 1. The summed E-state index contributed by atoms with van der Waals surface area (Å²) in [6.45, 7) is 5.13. The van der Waals surface area contributed by atoms with Crippen LogP contribution in [0.3, 0.4) is 0 Å². The maximum Gasteiger partial charge on any atom is 0.146 e. The number of nitrogens with zero attached hydrogens (tertiary/aromatic N) is 1. The van der Waals surface area contributed by atoms with Crippen LogP contribution in [-0.2, 0) is 6.42 Å². The molecule has 0 fully saturated rings. The minimum atomic E-state index is -0.260. The van der Waals surface area contributed by atoms with Gasteiger partial charge in [0.15, 0.2) is 0 Å². The first-order valence-corrected chi connectivity index (χ1v) is 7.67. The molecule has 0 aliphatic carbocycles. The molecule has 1 N–H and O–H groups in total. The van der Waals surface area contributed by atoms with Crippen molar-refractivity contribution < 1.29 is 4.39 Å². The number of hydrogen-bond donors (Lipinski definition) is 1. The molecule has 21 heavy (non-hydrogen) atoms. The number of aryl methyl sites for hydroxylation is 1. The van der Waals surface area contributed by atoms with Crippen molar-refractivity contribution >= 4 is 0 Å². The van der Waals surface area contributed by atoms with Crippen molar-refractivity contribution in [3.8, 4) is 0 Å². The summed E-state index contributed by atoms with van der Waals surface area (Å²) in [7, 11) is 0. The molecule has 0 aliphatic heterocycles. The van der Waals surface area contributed by atoms with Crippen LogP contribution in [0.5, 0.6) is 0 Å². The summed E-state index contributed by atoms with van der Waals surface area (Å²) >= 11 is 0. The van der Waals surface area contributed by atoms with Gasteiger partial charge in [-0.1, -0.05) is 44.5 Å². The zero-order valence-corrected chi connectivity index (χ0v) is 12.8. The minimum absolute atomic E-state index is 0.122. The number of benzene rings is 1. The van der Waals surface area contributed by atoms with Gasteiger partial charge in [0.2, 0.25) is 0 Å².